The van der Waals surface area contributed by atoms with Crippen molar-refractivity contribution in [3.8, 4) is 0 Å². The maximum absolute atomic E-state index is 12.9. The fourth-order valence-corrected chi connectivity index (χ4v) is 6.34. The van der Waals surface area contributed by atoms with E-state index in [4.69, 9.17) is 9.47 Å². The van der Waals surface area contributed by atoms with Crippen molar-refractivity contribution in [1.29, 1.82) is 0 Å². The maximum atomic E-state index is 12.9. The molecule has 0 bridgehead atoms. The molecule has 1 rings (SSSR count). The van der Waals surface area contributed by atoms with Crippen molar-refractivity contribution >= 4 is 5.91 Å². The van der Waals surface area contributed by atoms with Crippen molar-refractivity contribution in [2.24, 2.45) is 0 Å². The van der Waals surface area contributed by atoms with Gasteiger partial charge in [0.15, 0.2) is 6.29 Å². The van der Waals surface area contributed by atoms with Crippen molar-refractivity contribution in [2.75, 3.05) is 13.2 Å². The summed E-state index contributed by atoms with van der Waals surface area (Å²) in [5.74, 6) is -0.199. The predicted octanol–water partition coefficient (Wildman–Crippen LogP) is 8.28. The van der Waals surface area contributed by atoms with E-state index in [-0.39, 0.29) is 12.5 Å². The molecule has 0 aromatic carbocycles. The molecule has 1 aliphatic heterocycles. The number of carbonyl (C=O) groups is 1. The number of ether oxygens (including phenoxy) is 2. The number of unbranched alkanes of at least 4 members (excludes halogenated alkanes) is 18. The van der Waals surface area contributed by atoms with Gasteiger partial charge in [0.05, 0.1) is 25.4 Å². The normalized spacial score (nSPS) is 22.1. The van der Waals surface area contributed by atoms with E-state index in [0.29, 0.717) is 6.42 Å². The summed E-state index contributed by atoms with van der Waals surface area (Å²) in [5.41, 5.74) is 0. The van der Waals surface area contributed by atoms with Crippen LogP contribution in [-0.2, 0) is 14.3 Å². The molecule has 0 saturated carbocycles. The molecule has 0 aromatic heterocycles. The van der Waals surface area contributed by atoms with E-state index in [0.717, 1.165) is 64.2 Å². The first-order valence-electron chi connectivity index (χ1n) is 21.4. The van der Waals surface area contributed by atoms with E-state index in [2.05, 4.69) is 55.6 Å². The van der Waals surface area contributed by atoms with E-state index in [1.54, 1.807) is 6.08 Å². The lowest BCUT2D eigenvalue weighted by Gasteiger charge is -2.40. The van der Waals surface area contributed by atoms with Crippen LogP contribution < -0.4 is 5.32 Å². The highest BCUT2D eigenvalue weighted by Crippen LogP contribution is 2.22. The summed E-state index contributed by atoms with van der Waals surface area (Å²) in [5, 5.41) is 54.0. The van der Waals surface area contributed by atoms with Crippen molar-refractivity contribution in [1.82, 2.24) is 5.32 Å². The molecule has 1 fully saturated rings. The molecule has 0 aliphatic carbocycles. The highest BCUT2D eigenvalue weighted by molar-refractivity contribution is 5.76. The Morgan fingerprint density at radius 1 is 0.623 bits per heavy atom. The second-order valence-corrected chi connectivity index (χ2v) is 14.8. The lowest BCUT2D eigenvalue weighted by atomic mass is 9.99. The minimum absolute atomic E-state index is 0.199. The third-order valence-corrected chi connectivity index (χ3v) is 9.85. The molecule has 308 valence electrons. The van der Waals surface area contributed by atoms with Gasteiger partial charge in [0, 0.05) is 6.42 Å². The van der Waals surface area contributed by atoms with Crippen LogP contribution in [0.15, 0.2) is 48.6 Å². The molecular formula is C44H79NO8. The quantitative estimate of drug-likeness (QED) is 0.0285. The van der Waals surface area contributed by atoms with Crippen molar-refractivity contribution in [2.45, 2.75) is 211 Å². The Bertz CT molecular complexity index is 967. The Hall–Kier alpha value is -1.85. The van der Waals surface area contributed by atoms with Crippen LogP contribution in [0.5, 0.6) is 0 Å². The van der Waals surface area contributed by atoms with Gasteiger partial charge in [0.1, 0.15) is 24.4 Å². The van der Waals surface area contributed by atoms with Crippen LogP contribution in [0.3, 0.4) is 0 Å². The van der Waals surface area contributed by atoms with Crippen LogP contribution >= 0.6 is 0 Å². The largest absolute Gasteiger partial charge is 0.394 e. The molecule has 1 heterocycles. The van der Waals surface area contributed by atoms with E-state index in [9.17, 15) is 30.3 Å². The number of nitrogens with one attached hydrogen (secondary N) is 1. The standard InChI is InChI=1S/C44H79NO8/c1-3-5-7-9-11-13-15-17-18-19-20-21-22-24-26-28-30-32-34-40(48)45-37(36-52-44-43(51)42(50)41(49)39(35-46)53-44)38(47)33-31-29-27-25-23-16-14-12-10-8-6-4-2/h10,12,18-19,23,25,31,33,37-39,41-44,46-47,49-51H,3-9,11,13-17,20-22,24,26-30,32,34-36H2,1-2H3,(H,45,48)/b12-10+,19-18-,25-23+,33-31+. The molecule has 7 unspecified atom stereocenters. The number of amides is 1. The van der Waals surface area contributed by atoms with Gasteiger partial charge < -0.3 is 40.3 Å². The Kier molecular flexibility index (Phi) is 32.1. The maximum Gasteiger partial charge on any atom is 0.220 e. The van der Waals surface area contributed by atoms with Gasteiger partial charge >= 0.3 is 0 Å². The lowest BCUT2D eigenvalue weighted by Crippen LogP contribution is -2.60. The van der Waals surface area contributed by atoms with Crippen LogP contribution in [-0.4, -0.2) is 87.5 Å². The Labute approximate surface area is 323 Å². The topological polar surface area (TPSA) is 149 Å². The monoisotopic (exact) mass is 750 g/mol. The van der Waals surface area contributed by atoms with Crippen LogP contribution in [0, 0.1) is 0 Å². The fraction of sp³-hybridized carbons (Fsp3) is 0.795. The minimum atomic E-state index is -1.57. The van der Waals surface area contributed by atoms with Gasteiger partial charge in [0.25, 0.3) is 0 Å². The van der Waals surface area contributed by atoms with Crippen LogP contribution in [0.4, 0.5) is 0 Å². The highest BCUT2D eigenvalue weighted by atomic mass is 16.7. The van der Waals surface area contributed by atoms with Gasteiger partial charge in [-0.05, 0) is 64.2 Å². The minimum Gasteiger partial charge on any atom is -0.394 e. The smallest absolute Gasteiger partial charge is 0.220 e. The summed E-state index contributed by atoms with van der Waals surface area (Å²) in [6.07, 6.45) is 35.8. The van der Waals surface area contributed by atoms with Gasteiger partial charge in [-0.15, -0.1) is 0 Å². The zero-order valence-electron chi connectivity index (χ0n) is 33.5. The van der Waals surface area contributed by atoms with E-state index in [1.807, 2.05) is 6.08 Å². The molecule has 9 heteroatoms. The molecule has 1 saturated heterocycles. The van der Waals surface area contributed by atoms with Gasteiger partial charge in [-0.25, -0.2) is 0 Å². The number of hydrogen-bond donors (Lipinski definition) is 6. The summed E-state index contributed by atoms with van der Waals surface area (Å²) >= 11 is 0. The molecule has 1 amide bonds. The molecule has 0 spiro atoms. The Morgan fingerprint density at radius 2 is 1.09 bits per heavy atom. The van der Waals surface area contributed by atoms with Crippen LogP contribution in [0.2, 0.25) is 0 Å². The SMILES string of the molecule is CCCC/C=C/CC/C=C/CC/C=C/C(O)C(COC1OC(CO)C(O)C(O)C1O)NC(=O)CCCCCCCCC/C=C\CCCCCCCCC. The summed E-state index contributed by atoms with van der Waals surface area (Å²) in [7, 11) is 0. The van der Waals surface area contributed by atoms with E-state index in [1.165, 1.54) is 83.5 Å². The molecular weight excluding hydrogens is 670 g/mol. The first-order chi connectivity index (χ1) is 25.8. The van der Waals surface area contributed by atoms with Crippen molar-refractivity contribution < 1.29 is 39.8 Å². The molecule has 9 nitrogen and oxygen atoms in total. The highest BCUT2D eigenvalue weighted by Gasteiger charge is 2.44. The molecule has 53 heavy (non-hydrogen) atoms. The summed E-state index contributed by atoms with van der Waals surface area (Å²) < 4.78 is 11.2. The average molecular weight is 750 g/mol. The average Bonchev–Trinajstić information content (AvgIpc) is 3.16. The van der Waals surface area contributed by atoms with Crippen molar-refractivity contribution in [3.63, 3.8) is 0 Å². The third kappa shape index (κ3) is 25.8. The Morgan fingerprint density at radius 3 is 1.64 bits per heavy atom. The first-order valence-corrected chi connectivity index (χ1v) is 21.4. The summed E-state index contributed by atoms with van der Waals surface area (Å²) in [4.78, 5) is 12.9. The zero-order chi connectivity index (χ0) is 38.8. The Balaban J connectivity index is 2.40. The number of allylic oxidation sites excluding steroid dienone is 7. The number of aliphatic hydroxyl groups excluding tert-OH is 5. The number of hydrogen-bond acceptors (Lipinski definition) is 8. The van der Waals surface area contributed by atoms with E-state index >= 15 is 0 Å². The lowest BCUT2D eigenvalue weighted by molar-refractivity contribution is -0.302. The predicted molar refractivity (Wildman–Crippen MR) is 216 cm³/mol. The molecule has 0 radical (unpaired) electrons. The van der Waals surface area contributed by atoms with Crippen LogP contribution in [0.25, 0.3) is 0 Å². The fourth-order valence-electron chi connectivity index (χ4n) is 6.34. The second kappa shape index (κ2) is 34.6. The van der Waals surface area contributed by atoms with Gasteiger partial charge in [-0.2, -0.15) is 0 Å². The third-order valence-electron chi connectivity index (χ3n) is 9.85. The number of aliphatic hydroxyl groups is 5. The molecule has 1 aliphatic rings. The summed E-state index contributed by atoms with van der Waals surface area (Å²) in [6, 6.07) is -0.828. The van der Waals surface area contributed by atoms with E-state index < -0.39 is 49.5 Å². The van der Waals surface area contributed by atoms with Gasteiger partial charge in [0.2, 0.25) is 5.91 Å². The van der Waals surface area contributed by atoms with Gasteiger partial charge in [-0.1, -0.05) is 146 Å². The number of rotatable bonds is 34. The van der Waals surface area contributed by atoms with Crippen LogP contribution in [0.1, 0.15) is 168 Å². The zero-order valence-corrected chi connectivity index (χ0v) is 33.5. The molecule has 0 aromatic rings. The number of carbonyl (C=O) groups excluding carboxylic acids is 1. The van der Waals surface area contributed by atoms with Gasteiger partial charge in [-0.3, -0.25) is 4.79 Å². The molecule has 6 N–H and O–H groups in total. The van der Waals surface area contributed by atoms with Crippen molar-refractivity contribution in [3.05, 3.63) is 48.6 Å². The molecule has 7 atom stereocenters. The summed E-state index contributed by atoms with van der Waals surface area (Å²) in [6.45, 7) is 3.67. The second-order valence-electron chi connectivity index (χ2n) is 14.8. The first kappa shape index (κ1) is 49.2.